The van der Waals surface area contributed by atoms with E-state index in [0.29, 0.717) is 18.1 Å². The van der Waals surface area contributed by atoms with Gasteiger partial charge in [0.2, 0.25) is 0 Å². The Morgan fingerprint density at radius 2 is 2.05 bits per heavy atom. The van der Waals surface area contributed by atoms with Crippen LogP contribution in [0.2, 0.25) is 0 Å². The minimum absolute atomic E-state index is 0.483. The van der Waals surface area contributed by atoms with E-state index < -0.39 is 0 Å². The summed E-state index contributed by atoms with van der Waals surface area (Å²) in [6, 6.07) is 10.7. The highest BCUT2D eigenvalue weighted by Gasteiger charge is 2.36. The van der Waals surface area contributed by atoms with E-state index in [2.05, 4.69) is 62.3 Å². The van der Waals surface area contributed by atoms with Crippen molar-refractivity contribution in [2.24, 2.45) is 0 Å². The van der Waals surface area contributed by atoms with Gasteiger partial charge in [-0.15, -0.1) is 0 Å². The fourth-order valence-electron chi connectivity index (χ4n) is 3.52. The van der Waals surface area contributed by atoms with Gasteiger partial charge in [-0.25, -0.2) is 0 Å². The zero-order valence-electron chi connectivity index (χ0n) is 13.5. The Morgan fingerprint density at radius 3 is 2.70 bits per heavy atom. The third kappa shape index (κ3) is 3.07. The average molecular weight is 274 g/mol. The molecule has 0 spiro atoms. The van der Waals surface area contributed by atoms with Crippen molar-refractivity contribution >= 4 is 0 Å². The second kappa shape index (κ2) is 7.24. The van der Waals surface area contributed by atoms with Crippen LogP contribution in [0, 0.1) is 0 Å². The third-order valence-electron chi connectivity index (χ3n) is 4.87. The molecule has 20 heavy (non-hydrogen) atoms. The summed E-state index contributed by atoms with van der Waals surface area (Å²) < 4.78 is 0. The molecule has 0 aromatic heterocycles. The van der Waals surface area contributed by atoms with Crippen LogP contribution in [0.5, 0.6) is 0 Å². The molecule has 1 aliphatic carbocycles. The van der Waals surface area contributed by atoms with E-state index >= 15 is 0 Å². The minimum atomic E-state index is 0.483. The second-order valence-corrected chi connectivity index (χ2v) is 6.09. The molecule has 2 nitrogen and oxygen atoms in total. The van der Waals surface area contributed by atoms with E-state index in [1.54, 1.807) is 0 Å². The molecule has 0 heterocycles. The fourth-order valence-corrected chi connectivity index (χ4v) is 3.52. The van der Waals surface area contributed by atoms with E-state index in [9.17, 15) is 0 Å². The highest BCUT2D eigenvalue weighted by atomic mass is 15.2. The minimum Gasteiger partial charge on any atom is -0.312 e. The summed E-state index contributed by atoms with van der Waals surface area (Å²) in [6.07, 6.45) is 4.99. The zero-order chi connectivity index (χ0) is 14.5. The number of nitrogens with zero attached hydrogens (tertiary/aromatic N) is 1. The maximum Gasteiger partial charge on any atom is 0.0481 e. The lowest BCUT2D eigenvalue weighted by Crippen LogP contribution is -2.47. The molecule has 2 rings (SSSR count). The van der Waals surface area contributed by atoms with Gasteiger partial charge < -0.3 is 5.32 Å². The number of unbranched alkanes of at least 4 members (excludes halogenated alkanes) is 1. The highest BCUT2D eigenvalue weighted by molar-refractivity contribution is 5.37. The first-order chi connectivity index (χ1) is 9.72. The lowest BCUT2D eigenvalue weighted by Gasteiger charge is -2.37. The van der Waals surface area contributed by atoms with Crippen LogP contribution in [0.25, 0.3) is 0 Å². The predicted octanol–water partition coefficient (Wildman–Crippen LogP) is 3.77. The lowest BCUT2D eigenvalue weighted by atomic mass is 10.0. The quantitative estimate of drug-likeness (QED) is 0.814. The van der Waals surface area contributed by atoms with Crippen molar-refractivity contribution in [3.8, 4) is 0 Å². The Labute approximate surface area is 124 Å². The van der Waals surface area contributed by atoms with Crippen molar-refractivity contribution < 1.29 is 0 Å². The van der Waals surface area contributed by atoms with Crippen LogP contribution >= 0.6 is 0 Å². The van der Waals surface area contributed by atoms with Crippen LogP contribution in [0.3, 0.4) is 0 Å². The molecule has 112 valence electrons. The molecule has 1 aromatic carbocycles. The summed E-state index contributed by atoms with van der Waals surface area (Å²) in [7, 11) is 2.11. The summed E-state index contributed by atoms with van der Waals surface area (Å²) in [5.74, 6) is 0. The van der Waals surface area contributed by atoms with E-state index in [4.69, 9.17) is 0 Å². The van der Waals surface area contributed by atoms with Gasteiger partial charge in [0.05, 0.1) is 0 Å². The summed E-state index contributed by atoms with van der Waals surface area (Å²) in [5.41, 5.74) is 3.03. The molecule has 1 aromatic rings. The SMILES string of the molecule is CCCCN(C(C)CC)C1Cc2ccccc2C1NC. The normalized spacial score (nSPS) is 23.1. The molecule has 0 fully saturated rings. The van der Waals surface area contributed by atoms with Gasteiger partial charge in [0.1, 0.15) is 0 Å². The average Bonchev–Trinajstić information content (AvgIpc) is 2.85. The van der Waals surface area contributed by atoms with Crippen LogP contribution in [0.1, 0.15) is 57.2 Å². The standard InChI is InChI=1S/C18H30N2/c1-5-7-12-20(14(3)6-2)17-13-15-10-8-9-11-16(15)18(17)19-4/h8-11,14,17-19H,5-7,12-13H2,1-4H3. The van der Waals surface area contributed by atoms with E-state index in [0.717, 1.165) is 0 Å². The third-order valence-corrected chi connectivity index (χ3v) is 4.87. The van der Waals surface area contributed by atoms with Crippen molar-refractivity contribution in [1.82, 2.24) is 10.2 Å². The lowest BCUT2D eigenvalue weighted by molar-refractivity contribution is 0.117. The van der Waals surface area contributed by atoms with E-state index in [-0.39, 0.29) is 0 Å². The van der Waals surface area contributed by atoms with Gasteiger partial charge in [-0.2, -0.15) is 0 Å². The Balaban J connectivity index is 2.21. The highest BCUT2D eigenvalue weighted by Crippen LogP contribution is 2.35. The summed E-state index contributed by atoms with van der Waals surface area (Å²) >= 11 is 0. The summed E-state index contributed by atoms with van der Waals surface area (Å²) in [5, 5.41) is 3.56. The molecule has 0 radical (unpaired) electrons. The molecule has 0 saturated carbocycles. The first-order valence-corrected chi connectivity index (χ1v) is 8.23. The van der Waals surface area contributed by atoms with Gasteiger partial charge in [0, 0.05) is 18.1 Å². The van der Waals surface area contributed by atoms with Gasteiger partial charge in [0.15, 0.2) is 0 Å². The first-order valence-electron chi connectivity index (χ1n) is 8.23. The Hall–Kier alpha value is -0.860. The largest absolute Gasteiger partial charge is 0.312 e. The molecule has 0 bridgehead atoms. The monoisotopic (exact) mass is 274 g/mol. The molecule has 3 unspecified atom stereocenters. The van der Waals surface area contributed by atoms with Crippen molar-refractivity contribution in [3.05, 3.63) is 35.4 Å². The molecule has 3 atom stereocenters. The van der Waals surface area contributed by atoms with Crippen LogP contribution in [0.4, 0.5) is 0 Å². The Morgan fingerprint density at radius 1 is 1.30 bits per heavy atom. The van der Waals surface area contributed by atoms with Crippen LogP contribution in [0.15, 0.2) is 24.3 Å². The molecular weight excluding hydrogens is 244 g/mol. The maximum absolute atomic E-state index is 3.56. The molecule has 0 saturated heterocycles. The van der Waals surface area contributed by atoms with Gasteiger partial charge in [0.25, 0.3) is 0 Å². The van der Waals surface area contributed by atoms with E-state index in [1.165, 1.54) is 43.4 Å². The number of rotatable bonds is 7. The van der Waals surface area contributed by atoms with Crippen molar-refractivity contribution in [1.29, 1.82) is 0 Å². The van der Waals surface area contributed by atoms with Gasteiger partial charge >= 0.3 is 0 Å². The first kappa shape index (κ1) is 15.5. The van der Waals surface area contributed by atoms with Gasteiger partial charge in [-0.1, -0.05) is 44.5 Å². The number of fused-ring (bicyclic) bond motifs is 1. The summed E-state index contributed by atoms with van der Waals surface area (Å²) in [4.78, 5) is 2.74. The predicted molar refractivity (Wildman–Crippen MR) is 87.1 cm³/mol. The smallest absolute Gasteiger partial charge is 0.0481 e. The number of likely N-dealkylation sites (N-methyl/N-ethyl adjacent to an activating group) is 1. The summed E-state index contributed by atoms with van der Waals surface area (Å²) in [6.45, 7) is 8.20. The van der Waals surface area contributed by atoms with Crippen molar-refractivity contribution in [2.75, 3.05) is 13.6 Å². The fraction of sp³-hybridized carbons (Fsp3) is 0.667. The van der Waals surface area contributed by atoms with Crippen molar-refractivity contribution in [2.45, 2.75) is 64.6 Å². The van der Waals surface area contributed by atoms with E-state index in [1.807, 2.05) is 0 Å². The topological polar surface area (TPSA) is 15.3 Å². The second-order valence-electron chi connectivity index (χ2n) is 6.09. The van der Waals surface area contributed by atoms with Crippen LogP contribution in [-0.4, -0.2) is 30.6 Å². The van der Waals surface area contributed by atoms with Crippen molar-refractivity contribution in [3.63, 3.8) is 0 Å². The van der Waals surface area contributed by atoms with Crippen LogP contribution < -0.4 is 5.32 Å². The number of hydrogen-bond acceptors (Lipinski definition) is 2. The zero-order valence-corrected chi connectivity index (χ0v) is 13.5. The number of nitrogens with one attached hydrogen (secondary N) is 1. The van der Waals surface area contributed by atoms with Crippen LogP contribution in [-0.2, 0) is 6.42 Å². The molecule has 2 heteroatoms. The molecule has 0 aliphatic heterocycles. The molecule has 1 N–H and O–H groups in total. The number of benzene rings is 1. The van der Waals surface area contributed by atoms with Gasteiger partial charge in [-0.05, 0) is 50.9 Å². The Kier molecular flexibility index (Phi) is 5.62. The maximum atomic E-state index is 3.56. The molecular formula is C18H30N2. The Bertz CT molecular complexity index is 416. The van der Waals surface area contributed by atoms with Gasteiger partial charge in [-0.3, -0.25) is 4.90 Å². The molecule has 0 amide bonds. The molecule has 1 aliphatic rings. The number of hydrogen-bond donors (Lipinski definition) is 1.